The highest BCUT2D eigenvalue weighted by Crippen LogP contribution is 2.29. The van der Waals surface area contributed by atoms with Crippen LogP contribution in [0.4, 0.5) is 0 Å². The summed E-state index contributed by atoms with van der Waals surface area (Å²) in [5.41, 5.74) is 5.59. The van der Waals surface area contributed by atoms with Crippen molar-refractivity contribution in [3.63, 3.8) is 0 Å². The molecule has 1 amide bonds. The van der Waals surface area contributed by atoms with Crippen molar-refractivity contribution in [3.05, 3.63) is 29.8 Å². The Morgan fingerprint density at radius 3 is 2.44 bits per heavy atom. The third kappa shape index (κ3) is 5.88. The first-order chi connectivity index (χ1) is 12.7. The van der Waals surface area contributed by atoms with E-state index in [1.165, 1.54) is 37.1 Å². The van der Waals surface area contributed by atoms with Crippen LogP contribution in [0, 0.1) is 11.8 Å². The molecule has 1 fully saturated rings. The first-order valence-electron chi connectivity index (χ1n) is 9.21. The molecule has 0 radical (unpaired) electrons. The number of hydrogen-bond donors (Lipinski definition) is 4. The summed E-state index contributed by atoms with van der Waals surface area (Å²) in [4.78, 5) is 12.3. The number of hydrazine groups is 1. The molecule has 0 aromatic heterocycles. The molecule has 150 valence electrons. The molecular formula is C18H28N4O3S2. The minimum absolute atomic E-state index is 0.117. The lowest BCUT2D eigenvalue weighted by molar-refractivity contribution is 0.0943. The minimum atomic E-state index is -3.53. The monoisotopic (exact) mass is 412 g/mol. The molecule has 0 aliphatic heterocycles. The Hall–Kier alpha value is -1.71. The van der Waals surface area contributed by atoms with Crippen LogP contribution in [0.5, 0.6) is 0 Å². The smallest absolute Gasteiger partial charge is 0.269 e. The lowest BCUT2D eigenvalue weighted by Gasteiger charge is -2.35. The number of rotatable bonds is 5. The van der Waals surface area contributed by atoms with E-state index in [4.69, 9.17) is 12.2 Å². The Kier molecular flexibility index (Phi) is 7.58. The molecule has 4 N–H and O–H groups in total. The van der Waals surface area contributed by atoms with Crippen molar-refractivity contribution in [1.29, 1.82) is 0 Å². The average Bonchev–Trinajstić information content (AvgIpc) is 2.63. The van der Waals surface area contributed by atoms with Gasteiger partial charge in [-0.2, -0.15) is 0 Å². The maximum absolute atomic E-state index is 12.2. The summed E-state index contributed by atoms with van der Waals surface area (Å²) >= 11 is 5.27. The van der Waals surface area contributed by atoms with Crippen LogP contribution >= 0.6 is 12.2 Å². The van der Waals surface area contributed by atoms with Gasteiger partial charge >= 0.3 is 0 Å². The number of sulfonamides is 1. The zero-order valence-corrected chi connectivity index (χ0v) is 17.5. The molecule has 9 heteroatoms. The standard InChI is InChI=1S/C18H28N4O3S2/c1-4-19-27(24,25)15-10-8-14(9-11-15)17(23)21-22-18(26)20-16-7-5-6-12(2)13(16)3/h8-13,16,19H,4-7H2,1-3H3,(H,21,23)(H2,20,22,26)/t12-,13+,16-/m1/s1. The van der Waals surface area contributed by atoms with E-state index in [2.05, 4.69) is 34.7 Å². The second-order valence-electron chi connectivity index (χ2n) is 6.95. The van der Waals surface area contributed by atoms with Gasteiger partial charge in [-0.25, -0.2) is 13.1 Å². The van der Waals surface area contributed by atoms with Gasteiger partial charge in [0, 0.05) is 18.2 Å². The number of amides is 1. The van der Waals surface area contributed by atoms with E-state index >= 15 is 0 Å². The van der Waals surface area contributed by atoms with Gasteiger partial charge in [-0.1, -0.05) is 33.6 Å². The molecule has 2 rings (SSSR count). The highest BCUT2D eigenvalue weighted by atomic mass is 32.2. The van der Waals surface area contributed by atoms with E-state index in [-0.39, 0.29) is 4.90 Å². The fourth-order valence-electron chi connectivity index (χ4n) is 3.23. The van der Waals surface area contributed by atoms with Crippen LogP contribution < -0.4 is 20.9 Å². The molecule has 3 atom stereocenters. The fraction of sp³-hybridized carbons (Fsp3) is 0.556. The molecule has 27 heavy (non-hydrogen) atoms. The molecule has 0 unspecified atom stereocenters. The van der Waals surface area contributed by atoms with Gasteiger partial charge in [0.05, 0.1) is 4.90 Å². The molecule has 1 saturated carbocycles. The molecule has 1 aliphatic rings. The van der Waals surface area contributed by atoms with Gasteiger partial charge in [-0.3, -0.25) is 15.6 Å². The zero-order valence-electron chi connectivity index (χ0n) is 15.9. The third-order valence-electron chi connectivity index (χ3n) is 5.07. The van der Waals surface area contributed by atoms with Gasteiger partial charge in [0.1, 0.15) is 0 Å². The van der Waals surface area contributed by atoms with Crippen LogP contribution in [0.1, 0.15) is 50.4 Å². The summed E-state index contributed by atoms with van der Waals surface area (Å²) in [6.45, 7) is 6.47. The van der Waals surface area contributed by atoms with Crippen molar-refractivity contribution < 1.29 is 13.2 Å². The molecule has 1 aliphatic carbocycles. The predicted molar refractivity (Wildman–Crippen MR) is 110 cm³/mol. The summed E-state index contributed by atoms with van der Waals surface area (Å²) < 4.78 is 26.2. The van der Waals surface area contributed by atoms with Gasteiger partial charge in [-0.05, 0) is 54.7 Å². The minimum Gasteiger partial charge on any atom is -0.358 e. The molecular weight excluding hydrogens is 384 g/mol. The number of thiocarbonyl (C=S) groups is 1. The Morgan fingerprint density at radius 1 is 1.15 bits per heavy atom. The van der Waals surface area contributed by atoms with E-state index in [0.29, 0.717) is 35.1 Å². The second-order valence-corrected chi connectivity index (χ2v) is 9.13. The van der Waals surface area contributed by atoms with Crippen molar-refractivity contribution in [1.82, 2.24) is 20.9 Å². The molecule has 7 nitrogen and oxygen atoms in total. The molecule has 0 saturated heterocycles. The van der Waals surface area contributed by atoms with E-state index in [1.54, 1.807) is 6.92 Å². The Morgan fingerprint density at radius 2 is 1.81 bits per heavy atom. The number of carbonyl (C=O) groups excluding carboxylic acids is 1. The van der Waals surface area contributed by atoms with E-state index in [0.717, 1.165) is 6.42 Å². The first-order valence-corrected chi connectivity index (χ1v) is 11.1. The summed E-state index contributed by atoms with van der Waals surface area (Å²) in [5, 5.41) is 3.64. The maximum atomic E-state index is 12.2. The fourth-order valence-corrected chi connectivity index (χ4v) is 4.48. The highest BCUT2D eigenvalue weighted by Gasteiger charge is 2.27. The van der Waals surface area contributed by atoms with E-state index < -0.39 is 15.9 Å². The van der Waals surface area contributed by atoms with E-state index in [1.807, 2.05) is 0 Å². The molecule has 0 bridgehead atoms. The first kappa shape index (κ1) is 21.6. The van der Waals surface area contributed by atoms with Crippen molar-refractivity contribution in [3.8, 4) is 0 Å². The van der Waals surface area contributed by atoms with Gasteiger partial charge in [0.15, 0.2) is 5.11 Å². The Labute approximate surface area is 166 Å². The van der Waals surface area contributed by atoms with Gasteiger partial charge in [0.25, 0.3) is 5.91 Å². The molecule has 0 spiro atoms. The summed E-state index contributed by atoms with van der Waals surface area (Å²) in [6.07, 6.45) is 3.46. The normalized spacial score (nSPS) is 22.7. The van der Waals surface area contributed by atoms with Gasteiger partial charge in [-0.15, -0.1) is 0 Å². The largest absolute Gasteiger partial charge is 0.358 e. The van der Waals surface area contributed by atoms with Crippen LogP contribution in [0.25, 0.3) is 0 Å². The summed E-state index contributed by atoms with van der Waals surface area (Å²) in [6, 6.07) is 6.01. The van der Waals surface area contributed by atoms with E-state index in [9.17, 15) is 13.2 Å². The third-order valence-corrected chi connectivity index (χ3v) is 6.86. The Balaban J connectivity index is 1.87. The number of nitrogens with one attached hydrogen (secondary N) is 4. The SMILES string of the molecule is CCNS(=O)(=O)c1ccc(C(=O)NNC(=S)N[C@@H]2CCC[C@@H](C)[C@@H]2C)cc1. The van der Waals surface area contributed by atoms with Crippen LogP contribution in [0.3, 0.4) is 0 Å². The van der Waals surface area contributed by atoms with Crippen molar-refractivity contribution in [2.24, 2.45) is 11.8 Å². The average molecular weight is 413 g/mol. The zero-order chi connectivity index (χ0) is 20.0. The summed E-state index contributed by atoms with van der Waals surface area (Å²) in [7, 11) is -3.53. The highest BCUT2D eigenvalue weighted by molar-refractivity contribution is 7.89. The van der Waals surface area contributed by atoms with Crippen molar-refractivity contribution in [2.75, 3.05) is 6.54 Å². The van der Waals surface area contributed by atoms with Crippen molar-refractivity contribution in [2.45, 2.75) is 51.0 Å². The van der Waals surface area contributed by atoms with Crippen LogP contribution in [-0.2, 0) is 10.0 Å². The summed E-state index contributed by atoms with van der Waals surface area (Å²) in [5.74, 6) is 0.766. The van der Waals surface area contributed by atoms with Gasteiger partial charge in [0.2, 0.25) is 10.0 Å². The topological polar surface area (TPSA) is 99.3 Å². The molecule has 0 heterocycles. The van der Waals surface area contributed by atoms with Crippen LogP contribution in [0.15, 0.2) is 29.2 Å². The number of carbonyl (C=O) groups is 1. The number of benzene rings is 1. The molecule has 1 aromatic rings. The predicted octanol–water partition coefficient (Wildman–Crippen LogP) is 1.92. The quantitative estimate of drug-likeness (QED) is 0.436. The second kappa shape index (κ2) is 9.48. The van der Waals surface area contributed by atoms with Crippen LogP contribution in [0.2, 0.25) is 0 Å². The van der Waals surface area contributed by atoms with Crippen molar-refractivity contribution >= 4 is 33.3 Å². The lowest BCUT2D eigenvalue weighted by Crippen LogP contribution is -2.52. The number of hydrogen-bond acceptors (Lipinski definition) is 4. The lowest BCUT2D eigenvalue weighted by atomic mass is 9.78. The maximum Gasteiger partial charge on any atom is 0.269 e. The Bertz CT molecular complexity index is 765. The van der Waals surface area contributed by atoms with Gasteiger partial charge < -0.3 is 5.32 Å². The van der Waals surface area contributed by atoms with Crippen LogP contribution in [-0.4, -0.2) is 32.0 Å². The molecule has 1 aromatic carbocycles.